The van der Waals surface area contributed by atoms with Crippen LogP contribution in [0.25, 0.3) is 0 Å². The van der Waals surface area contributed by atoms with E-state index < -0.39 is 0 Å². The Kier molecular flexibility index (Phi) is 3.67. The van der Waals surface area contributed by atoms with Crippen LogP contribution >= 0.6 is 11.3 Å². The lowest BCUT2D eigenvalue weighted by Gasteiger charge is -2.32. The Bertz CT molecular complexity index is 341. The number of likely N-dealkylation sites (N-methyl/N-ethyl adjacent to an activating group) is 1. The van der Waals surface area contributed by atoms with Crippen LogP contribution < -0.4 is 5.32 Å². The summed E-state index contributed by atoms with van der Waals surface area (Å²) in [7, 11) is 2.03. The minimum absolute atomic E-state index is 0.0232. The van der Waals surface area contributed by atoms with E-state index in [2.05, 4.69) is 31.3 Å². The van der Waals surface area contributed by atoms with Gasteiger partial charge in [0.25, 0.3) is 0 Å². The lowest BCUT2D eigenvalue weighted by atomic mass is 9.92. The van der Waals surface area contributed by atoms with Crippen LogP contribution in [0.5, 0.6) is 0 Å². The topological polar surface area (TPSA) is 21.3 Å². The summed E-state index contributed by atoms with van der Waals surface area (Å²) in [6, 6.07) is 4.82. The molecule has 1 aromatic heterocycles. The molecule has 0 spiro atoms. The third-order valence-electron chi connectivity index (χ3n) is 3.46. The Balaban J connectivity index is 2.21. The van der Waals surface area contributed by atoms with Crippen molar-refractivity contribution < 1.29 is 4.74 Å². The van der Waals surface area contributed by atoms with Gasteiger partial charge in [-0.2, -0.15) is 0 Å². The SMILES string of the molecule is CCc1ccc(C(NC)C2(C)CCCO2)s1. The molecule has 1 fully saturated rings. The van der Waals surface area contributed by atoms with Crippen molar-refractivity contribution in [2.45, 2.75) is 44.8 Å². The molecule has 2 unspecified atom stereocenters. The third-order valence-corrected chi connectivity index (χ3v) is 4.76. The van der Waals surface area contributed by atoms with Gasteiger partial charge in [0.2, 0.25) is 0 Å². The largest absolute Gasteiger partial charge is 0.373 e. The molecule has 90 valence electrons. The zero-order valence-corrected chi connectivity index (χ0v) is 11.2. The standard InChI is InChI=1S/C13H21NOS/c1-4-10-6-7-11(16-10)12(14-3)13(2)8-5-9-15-13/h6-7,12,14H,4-5,8-9H2,1-3H3. The minimum atomic E-state index is -0.0232. The van der Waals surface area contributed by atoms with E-state index in [9.17, 15) is 0 Å². The quantitative estimate of drug-likeness (QED) is 0.871. The smallest absolute Gasteiger partial charge is 0.0857 e. The highest BCUT2D eigenvalue weighted by molar-refractivity contribution is 7.12. The second kappa shape index (κ2) is 4.86. The molecule has 0 aliphatic carbocycles. The summed E-state index contributed by atoms with van der Waals surface area (Å²) in [4.78, 5) is 2.86. The van der Waals surface area contributed by atoms with E-state index in [0.717, 1.165) is 19.4 Å². The zero-order valence-electron chi connectivity index (χ0n) is 10.4. The van der Waals surface area contributed by atoms with Gasteiger partial charge < -0.3 is 10.1 Å². The maximum absolute atomic E-state index is 5.93. The molecule has 2 rings (SSSR count). The molecule has 2 atom stereocenters. The molecule has 16 heavy (non-hydrogen) atoms. The fourth-order valence-corrected chi connectivity index (χ4v) is 3.72. The van der Waals surface area contributed by atoms with Crippen LogP contribution in [-0.4, -0.2) is 19.3 Å². The van der Waals surface area contributed by atoms with Crippen LogP contribution in [0.4, 0.5) is 0 Å². The van der Waals surface area contributed by atoms with Crippen LogP contribution in [0, 0.1) is 0 Å². The van der Waals surface area contributed by atoms with Crippen molar-refractivity contribution in [2.24, 2.45) is 0 Å². The molecule has 1 aliphatic rings. The van der Waals surface area contributed by atoms with Gasteiger partial charge in [-0.15, -0.1) is 11.3 Å². The van der Waals surface area contributed by atoms with Crippen molar-refractivity contribution in [1.29, 1.82) is 0 Å². The van der Waals surface area contributed by atoms with Crippen molar-refractivity contribution in [3.05, 3.63) is 21.9 Å². The molecule has 1 aromatic rings. The van der Waals surface area contributed by atoms with Crippen LogP contribution in [0.3, 0.4) is 0 Å². The number of hydrogen-bond donors (Lipinski definition) is 1. The molecule has 2 heterocycles. The van der Waals surface area contributed by atoms with E-state index in [1.807, 2.05) is 18.4 Å². The summed E-state index contributed by atoms with van der Waals surface area (Å²) in [6.07, 6.45) is 3.46. The normalized spacial score (nSPS) is 27.2. The summed E-state index contributed by atoms with van der Waals surface area (Å²) in [5.41, 5.74) is -0.0232. The molecule has 0 saturated carbocycles. The van der Waals surface area contributed by atoms with Crippen molar-refractivity contribution >= 4 is 11.3 Å². The van der Waals surface area contributed by atoms with Gasteiger partial charge in [-0.1, -0.05) is 6.92 Å². The van der Waals surface area contributed by atoms with Gasteiger partial charge in [-0.05, 0) is 45.4 Å². The number of thiophene rings is 1. The maximum atomic E-state index is 5.93. The maximum Gasteiger partial charge on any atom is 0.0857 e. The third kappa shape index (κ3) is 2.17. The van der Waals surface area contributed by atoms with E-state index in [-0.39, 0.29) is 5.60 Å². The van der Waals surface area contributed by atoms with E-state index in [1.165, 1.54) is 16.2 Å². The second-order valence-electron chi connectivity index (χ2n) is 4.64. The van der Waals surface area contributed by atoms with Crippen LogP contribution in [0.2, 0.25) is 0 Å². The Hall–Kier alpha value is -0.380. The molecule has 0 radical (unpaired) electrons. The predicted molar refractivity (Wildman–Crippen MR) is 69.1 cm³/mol. The van der Waals surface area contributed by atoms with Gasteiger partial charge in [0.15, 0.2) is 0 Å². The first kappa shape index (κ1) is 12.1. The summed E-state index contributed by atoms with van der Waals surface area (Å²) >= 11 is 1.91. The van der Waals surface area contributed by atoms with Crippen molar-refractivity contribution in [3.8, 4) is 0 Å². The Morgan fingerprint density at radius 1 is 1.56 bits per heavy atom. The molecule has 1 N–H and O–H groups in total. The Morgan fingerprint density at radius 3 is 2.88 bits per heavy atom. The highest BCUT2D eigenvalue weighted by atomic mass is 32.1. The number of rotatable bonds is 4. The Morgan fingerprint density at radius 2 is 2.38 bits per heavy atom. The van der Waals surface area contributed by atoms with E-state index >= 15 is 0 Å². The summed E-state index contributed by atoms with van der Waals surface area (Å²) < 4.78 is 5.93. The van der Waals surface area contributed by atoms with Gasteiger partial charge in [0.05, 0.1) is 11.6 Å². The molecule has 1 saturated heterocycles. The number of nitrogens with one attached hydrogen (secondary N) is 1. The van der Waals surface area contributed by atoms with Gasteiger partial charge in [-0.25, -0.2) is 0 Å². The molecule has 0 aromatic carbocycles. The van der Waals surface area contributed by atoms with Crippen LogP contribution in [-0.2, 0) is 11.2 Å². The average molecular weight is 239 g/mol. The zero-order chi connectivity index (χ0) is 11.6. The summed E-state index contributed by atoms with van der Waals surface area (Å²) in [5, 5.41) is 3.42. The lowest BCUT2D eigenvalue weighted by molar-refractivity contribution is -0.00948. The van der Waals surface area contributed by atoms with Crippen molar-refractivity contribution in [3.63, 3.8) is 0 Å². The minimum Gasteiger partial charge on any atom is -0.373 e. The fourth-order valence-electron chi connectivity index (χ4n) is 2.52. The van der Waals surface area contributed by atoms with Crippen molar-refractivity contribution in [1.82, 2.24) is 5.32 Å². The second-order valence-corrected chi connectivity index (χ2v) is 5.84. The number of ether oxygens (including phenoxy) is 1. The first-order valence-electron chi connectivity index (χ1n) is 6.09. The molecule has 3 heteroatoms. The van der Waals surface area contributed by atoms with E-state index in [4.69, 9.17) is 4.74 Å². The van der Waals surface area contributed by atoms with Crippen LogP contribution in [0.15, 0.2) is 12.1 Å². The first-order chi connectivity index (χ1) is 7.69. The lowest BCUT2D eigenvalue weighted by Crippen LogP contribution is -2.39. The molecule has 2 nitrogen and oxygen atoms in total. The van der Waals surface area contributed by atoms with Gasteiger partial charge in [0, 0.05) is 16.4 Å². The van der Waals surface area contributed by atoms with E-state index in [1.54, 1.807) is 0 Å². The number of aryl methyl sites for hydroxylation is 1. The molecule has 0 bridgehead atoms. The van der Waals surface area contributed by atoms with Crippen LogP contribution in [0.1, 0.15) is 42.5 Å². The molecular formula is C13H21NOS. The fraction of sp³-hybridized carbons (Fsp3) is 0.692. The predicted octanol–water partition coefficient (Wildman–Crippen LogP) is 3.14. The van der Waals surface area contributed by atoms with Gasteiger partial charge >= 0.3 is 0 Å². The number of hydrogen-bond acceptors (Lipinski definition) is 3. The highest BCUT2D eigenvalue weighted by Gasteiger charge is 2.39. The van der Waals surface area contributed by atoms with Crippen molar-refractivity contribution in [2.75, 3.05) is 13.7 Å². The van der Waals surface area contributed by atoms with Gasteiger partial charge in [0.1, 0.15) is 0 Å². The molecule has 1 aliphatic heterocycles. The molecule has 0 amide bonds. The monoisotopic (exact) mass is 239 g/mol. The Labute approximate surface area is 102 Å². The highest BCUT2D eigenvalue weighted by Crippen LogP contribution is 2.39. The average Bonchev–Trinajstić information content (AvgIpc) is 2.89. The van der Waals surface area contributed by atoms with Gasteiger partial charge in [-0.3, -0.25) is 0 Å². The summed E-state index contributed by atoms with van der Waals surface area (Å²) in [6.45, 7) is 5.34. The molecular weight excluding hydrogens is 218 g/mol. The van der Waals surface area contributed by atoms with E-state index in [0.29, 0.717) is 6.04 Å². The first-order valence-corrected chi connectivity index (χ1v) is 6.91. The summed E-state index contributed by atoms with van der Waals surface area (Å²) in [5.74, 6) is 0.